The maximum absolute atomic E-state index is 13.0. The Hall–Kier alpha value is -2.21. The van der Waals surface area contributed by atoms with Crippen molar-refractivity contribution < 1.29 is 13.9 Å². The predicted molar refractivity (Wildman–Crippen MR) is 74.8 cm³/mol. The van der Waals surface area contributed by atoms with Gasteiger partial charge in [-0.2, -0.15) is 0 Å². The molecule has 0 spiro atoms. The van der Waals surface area contributed by atoms with Crippen LogP contribution in [0.2, 0.25) is 0 Å². The van der Waals surface area contributed by atoms with Gasteiger partial charge in [-0.15, -0.1) is 0 Å². The van der Waals surface area contributed by atoms with Crippen LogP contribution in [-0.2, 0) is 4.74 Å². The molecule has 2 aromatic rings. The molecular formula is C15H16FN3O2. The van der Waals surface area contributed by atoms with E-state index in [9.17, 15) is 9.18 Å². The maximum atomic E-state index is 13.0. The summed E-state index contributed by atoms with van der Waals surface area (Å²) in [4.78, 5) is 18.4. The van der Waals surface area contributed by atoms with Crippen molar-refractivity contribution in [1.82, 2.24) is 14.5 Å². The van der Waals surface area contributed by atoms with Crippen LogP contribution in [0.15, 0.2) is 36.8 Å². The molecule has 0 aliphatic carbocycles. The quantitative estimate of drug-likeness (QED) is 0.848. The van der Waals surface area contributed by atoms with Crippen LogP contribution in [-0.4, -0.2) is 46.2 Å². The lowest BCUT2D eigenvalue weighted by atomic mass is 10.2. The van der Waals surface area contributed by atoms with Gasteiger partial charge in [0.25, 0.3) is 5.91 Å². The monoisotopic (exact) mass is 289 g/mol. The van der Waals surface area contributed by atoms with Gasteiger partial charge in [0.1, 0.15) is 11.5 Å². The fourth-order valence-electron chi connectivity index (χ4n) is 2.43. The number of carbonyl (C=O) groups is 1. The second-order valence-electron chi connectivity index (χ2n) is 5.06. The smallest absolute Gasteiger partial charge is 0.272 e. The van der Waals surface area contributed by atoms with Crippen molar-refractivity contribution in [1.29, 1.82) is 0 Å². The Labute approximate surface area is 122 Å². The van der Waals surface area contributed by atoms with Crippen LogP contribution in [0.5, 0.6) is 0 Å². The lowest BCUT2D eigenvalue weighted by Gasteiger charge is -2.31. The summed E-state index contributed by atoms with van der Waals surface area (Å²) in [5, 5.41) is 0. The first-order valence-electron chi connectivity index (χ1n) is 6.84. The van der Waals surface area contributed by atoms with Crippen molar-refractivity contribution in [3.05, 3.63) is 48.3 Å². The summed E-state index contributed by atoms with van der Waals surface area (Å²) in [7, 11) is 0. The van der Waals surface area contributed by atoms with Gasteiger partial charge in [-0.05, 0) is 31.2 Å². The molecule has 2 heterocycles. The average molecular weight is 289 g/mol. The number of hydrogen-bond acceptors (Lipinski definition) is 3. The average Bonchev–Trinajstić information content (AvgIpc) is 2.96. The highest BCUT2D eigenvalue weighted by atomic mass is 19.1. The molecule has 0 radical (unpaired) electrons. The van der Waals surface area contributed by atoms with E-state index >= 15 is 0 Å². The van der Waals surface area contributed by atoms with E-state index in [-0.39, 0.29) is 17.8 Å². The zero-order valence-electron chi connectivity index (χ0n) is 11.7. The van der Waals surface area contributed by atoms with Crippen molar-refractivity contribution in [3.8, 4) is 5.69 Å². The first-order valence-corrected chi connectivity index (χ1v) is 6.84. The lowest BCUT2D eigenvalue weighted by molar-refractivity contribution is -0.0127. The number of rotatable bonds is 2. The highest BCUT2D eigenvalue weighted by Gasteiger charge is 2.25. The van der Waals surface area contributed by atoms with Gasteiger partial charge in [-0.3, -0.25) is 9.36 Å². The molecule has 1 fully saturated rings. The van der Waals surface area contributed by atoms with Gasteiger partial charge in [0.2, 0.25) is 0 Å². The number of nitrogens with zero attached hydrogens (tertiary/aromatic N) is 3. The third-order valence-electron chi connectivity index (χ3n) is 3.49. The number of imidazole rings is 1. The number of morpholine rings is 1. The van der Waals surface area contributed by atoms with Crippen LogP contribution in [0, 0.1) is 5.82 Å². The van der Waals surface area contributed by atoms with Crippen LogP contribution in [0.1, 0.15) is 17.4 Å². The third-order valence-corrected chi connectivity index (χ3v) is 3.49. The summed E-state index contributed by atoms with van der Waals surface area (Å²) in [5.74, 6) is -0.402. The molecule has 1 aromatic heterocycles. The number of ether oxygens (including phenoxy) is 1. The van der Waals surface area contributed by atoms with Crippen LogP contribution >= 0.6 is 0 Å². The lowest BCUT2D eigenvalue weighted by Crippen LogP contribution is -2.45. The molecule has 1 atom stereocenters. The van der Waals surface area contributed by atoms with E-state index in [1.807, 2.05) is 6.92 Å². The molecule has 0 N–H and O–H groups in total. The minimum absolute atomic E-state index is 0.0323. The van der Waals surface area contributed by atoms with Gasteiger partial charge in [0, 0.05) is 18.8 Å². The van der Waals surface area contributed by atoms with Crippen LogP contribution in [0.25, 0.3) is 5.69 Å². The largest absolute Gasteiger partial charge is 0.375 e. The molecule has 0 unspecified atom stereocenters. The van der Waals surface area contributed by atoms with Gasteiger partial charge in [-0.25, -0.2) is 9.37 Å². The predicted octanol–water partition coefficient (Wildman–Crippen LogP) is 1.87. The molecular weight excluding hydrogens is 273 g/mol. The van der Waals surface area contributed by atoms with Gasteiger partial charge in [0.15, 0.2) is 0 Å². The molecule has 1 amide bonds. The summed E-state index contributed by atoms with van der Waals surface area (Å²) in [6.45, 7) is 3.61. The van der Waals surface area contributed by atoms with Crippen molar-refractivity contribution in [2.75, 3.05) is 19.7 Å². The number of amides is 1. The van der Waals surface area contributed by atoms with Crippen LogP contribution < -0.4 is 0 Å². The van der Waals surface area contributed by atoms with E-state index in [1.54, 1.807) is 27.9 Å². The summed E-state index contributed by atoms with van der Waals surface area (Å²) in [6, 6.07) is 5.96. The topological polar surface area (TPSA) is 47.4 Å². The van der Waals surface area contributed by atoms with E-state index in [1.165, 1.54) is 18.3 Å². The molecule has 0 bridgehead atoms. The zero-order valence-corrected chi connectivity index (χ0v) is 11.7. The van der Waals surface area contributed by atoms with Gasteiger partial charge >= 0.3 is 0 Å². The Morgan fingerprint density at radius 1 is 1.38 bits per heavy atom. The van der Waals surface area contributed by atoms with E-state index in [0.29, 0.717) is 31.1 Å². The minimum atomic E-state index is -0.311. The van der Waals surface area contributed by atoms with E-state index in [2.05, 4.69) is 4.98 Å². The Balaban J connectivity index is 1.88. The Morgan fingerprint density at radius 3 is 2.86 bits per heavy atom. The number of aromatic nitrogens is 2. The maximum Gasteiger partial charge on any atom is 0.272 e. The Kier molecular flexibility index (Phi) is 3.70. The third kappa shape index (κ3) is 2.80. The van der Waals surface area contributed by atoms with Gasteiger partial charge in [0.05, 0.1) is 25.2 Å². The second-order valence-corrected chi connectivity index (χ2v) is 5.06. The molecule has 1 aliphatic heterocycles. The fraction of sp³-hybridized carbons (Fsp3) is 0.333. The zero-order chi connectivity index (χ0) is 14.8. The molecule has 1 aromatic carbocycles. The standard InChI is InChI=1S/C15H16FN3O2/c1-11-9-18(6-7-21-11)15(20)14-8-17-10-19(14)13-4-2-12(16)3-5-13/h2-5,8,10-11H,6-7,9H2,1H3/t11-/m0/s1. The number of halogens is 1. The number of hydrogen-bond donors (Lipinski definition) is 0. The number of carbonyl (C=O) groups excluding carboxylic acids is 1. The summed E-state index contributed by atoms with van der Waals surface area (Å²) < 4.78 is 20.1. The minimum Gasteiger partial charge on any atom is -0.375 e. The van der Waals surface area contributed by atoms with E-state index in [0.717, 1.165) is 0 Å². The SMILES string of the molecule is C[C@H]1CN(C(=O)c2cncn2-c2ccc(F)cc2)CCO1. The Morgan fingerprint density at radius 2 is 2.14 bits per heavy atom. The first kappa shape index (κ1) is 13.8. The Bertz CT molecular complexity index is 639. The molecule has 110 valence electrons. The fourth-order valence-corrected chi connectivity index (χ4v) is 2.43. The normalized spacial score (nSPS) is 18.8. The van der Waals surface area contributed by atoms with E-state index < -0.39 is 0 Å². The van der Waals surface area contributed by atoms with Crippen molar-refractivity contribution in [2.24, 2.45) is 0 Å². The highest BCUT2D eigenvalue weighted by Crippen LogP contribution is 2.15. The molecule has 3 rings (SSSR count). The number of benzene rings is 1. The van der Waals surface area contributed by atoms with Crippen LogP contribution in [0.4, 0.5) is 4.39 Å². The molecule has 6 heteroatoms. The van der Waals surface area contributed by atoms with Crippen LogP contribution in [0.3, 0.4) is 0 Å². The molecule has 0 saturated carbocycles. The summed E-state index contributed by atoms with van der Waals surface area (Å²) in [6.07, 6.45) is 3.13. The van der Waals surface area contributed by atoms with Gasteiger partial charge < -0.3 is 9.64 Å². The first-order chi connectivity index (χ1) is 10.1. The summed E-state index contributed by atoms with van der Waals surface area (Å²) in [5.41, 5.74) is 1.18. The second kappa shape index (κ2) is 5.65. The molecule has 1 saturated heterocycles. The molecule has 21 heavy (non-hydrogen) atoms. The molecule has 5 nitrogen and oxygen atoms in total. The van der Waals surface area contributed by atoms with E-state index in [4.69, 9.17) is 4.74 Å². The molecule has 1 aliphatic rings. The van der Waals surface area contributed by atoms with Crippen molar-refractivity contribution in [3.63, 3.8) is 0 Å². The van der Waals surface area contributed by atoms with Crippen molar-refractivity contribution >= 4 is 5.91 Å². The highest BCUT2D eigenvalue weighted by molar-refractivity contribution is 5.93. The summed E-state index contributed by atoms with van der Waals surface area (Å²) >= 11 is 0. The van der Waals surface area contributed by atoms with Gasteiger partial charge in [-0.1, -0.05) is 0 Å². The van der Waals surface area contributed by atoms with Crippen molar-refractivity contribution in [2.45, 2.75) is 13.0 Å².